The van der Waals surface area contributed by atoms with E-state index in [9.17, 15) is 18.8 Å². The average molecular weight is 557 g/mol. The fourth-order valence-corrected chi connectivity index (χ4v) is 10.2. The molecule has 3 heterocycles. The van der Waals surface area contributed by atoms with Crippen molar-refractivity contribution in [1.29, 1.82) is 0 Å². The van der Waals surface area contributed by atoms with E-state index in [0.29, 0.717) is 5.69 Å². The second-order valence-electron chi connectivity index (χ2n) is 9.50. The fourth-order valence-electron chi connectivity index (χ4n) is 6.93. The Morgan fingerprint density at radius 2 is 1.74 bits per heavy atom. The molecule has 2 aromatic carbocycles. The number of thioether (sulfide) groups is 1. The topological polar surface area (TPSA) is 70.2 Å². The number of fused-ring (bicyclic) bond motifs is 9. The fraction of sp³-hybridized carbons (Fsp3) is 0.320. The lowest BCUT2D eigenvalue weighted by molar-refractivity contribution is -0.123. The molecule has 3 fully saturated rings. The molecule has 7 rings (SSSR count). The predicted octanol–water partition coefficient (Wildman–Crippen LogP) is 5.02. The first kappa shape index (κ1) is 21.1. The number of benzene rings is 2. The Kier molecular flexibility index (Phi) is 4.58. The molecule has 2 aliphatic carbocycles. The summed E-state index contributed by atoms with van der Waals surface area (Å²) >= 11 is 6.52. The van der Waals surface area contributed by atoms with Crippen molar-refractivity contribution in [2.24, 2.45) is 29.6 Å². The normalized spacial score (nSPS) is 33.2. The number of nitrogens with zero attached hydrogens (tertiary/aromatic N) is 1. The number of carbonyl (C=O) groups is 2. The quantitative estimate of drug-likeness (QED) is 0.450. The lowest BCUT2D eigenvalue weighted by atomic mass is 9.68. The first-order valence-electron chi connectivity index (χ1n) is 11.2. The molecule has 0 radical (unpaired) electrons. The Labute approximate surface area is 210 Å². The van der Waals surface area contributed by atoms with Crippen LogP contribution in [-0.2, 0) is 9.59 Å². The molecule has 0 spiro atoms. The molecule has 1 aromatic heterocycles. The van der Waals surface area contributed by atoms with Gasteiger partial charge in [0.15, 0.2) is 0 Å². The molecule has 2 amide bonds. The van der Waals surface area contributed by atoms with Crippen LogP contribution in [0.1, 0.15) is 22.8 Å². The SMILES string of the molecule is O=C1C2C3CC(C2C(=O)N1c1ccc(F)cc1)C1C3Sc2[nH]c(=O)sc2[C@@H]1c1cccc(Br)c1. The van der Waals surface area contributed by atoms with Crippen molar-refractivity contribution in [1.82, 2.24) is 4.98 Å². The molecule has 3 aromatic rings. The predicted molar refractivity (Wildman–Crippen MR) is 132 cm³/mol. The molecule has 172 valence electrons. The highest BCUT2D eigenvalue weighted by Gasteiger charge is 2.69. The maximum Gasteiger partial charge on any atom is 0.305 e. The number of nitrogens with one attached hydrogen (secondary N) is 1. The molecule has 34 heavy (non-hydrogen) atoms. The number of rotatable bonds is 2. The second kappa shape index (κ2) is 7.38. The third-order valence-electron chi connectivity index (χ3n) is 8.02. The largest absolute Gasteiger partial charge is 0.307 e. The van der Waals surface area contributed by atoms with Gasteiger partial charge in [0.1, 0.15) is 5.82 Å². The summed E-state index contributed by atoms with van der Waals surface area (Å²) in [4.78, 5) is 44.8. The van der Waals surface area contributed by atoms with Crippen LogP contribution in [-0.4, -0.2) is 22.0 Å². The number of imide groups is 1. The second-order valence-corrected chi connectivity index (χ2v) is 12.6. The Balaban J connectivity index is 1.33. The molecule has 4 aliphatic rings. The minimum atomic E-state index is -0.400. The van der Waals surface area contributed by atoms with Gasteiger partial charge in [0.25, 0.3) is 0 Å². The van der Waals surface area contributed by atoms with Crippen LogP contribution >= 0.6 is 39.0 Å². The molecule has 2 aliphatic heterocycles. The summed E-state index contributed by atoms with van der Waals surface area (Å²) in [6, 6.07) is 13.7. The van der Waals surface area contributed by atoms with E-state index >= 15 is 0 Å². The van der Waals surface area contributed by atoms with Gasteiger partial charge in [-0.1, -0.05) is 39.4 Å². The standard InChI is InChI=1S/C25H18BrFN2O3S2/c26-11-3-1-2-10(8-11)16-17-14-9-15(20(17)33-22-21(16)34-25(32)28-22)19-18(14)23(30)29(24(19)31)13-6-4-12(27)5-7-13/h1-8,14-20H,9H2,(H,28,32)/t14?,15?,16-,17?,18?,19?,20?/m1/s1. The van der Waals surface area contributed by atoms with Gasteiger partial charge in [-0.15, -0.1) is 11.8 Å². The van der Waals surface area contributed by atoms with Gasteiger partial charge >= 0.3 is 4.87 Å². The van der Waals surface area contributed by atoms with E-state index in [-0.39, 0.29) is 57.4 Å². The van der Waals surface area contributed by atoms with Gasteiger partial charge in [-0.3, -0.25) is 19.3 Å². The van der Waals surface area contributed by atoms with Crippen molar-refractivity contribution in [3.8, 4) is 0 Å². The van der Waals surface area contributed by atoms with Crippen molar-refractivity contribution in [3.63, 3.8) is 0 Å². The van der Waals surface area contributed by atoms with Gasteiger partial charge < -0.3 is 4.98 Å². The van der Waals surface area contributed by atoms with Crippen LogP contribution in [0.5, 0.6) is 0 Å². The van der Waals surface area contributed by atoms with Crippen LogP contribution in [0, 0.1) is 35.4 Å². The lowest BCUT2D eigenvalue weighted by Gasteiger charge is -2.43. The van der Waals surface area contributed by atoms with E-state index < -0.39 is 5.82 Å². The Bertz CT molecular complexity index is 1420. The monoisotopic (exact) mass is 556 g/mol. The average Bonchev–Trinajstić information content (AvgIpc) is 3.53. The molecule has 1 saturated heterocycles. The molecule has 2 saturated carbocycles. The van der Waals surface area contributed by atoms with E-state index in [1.807, 2.05) is 12.1 Å². The van der Waals surface area contributed by atoms with Crippen molar-refractivity contribution < 1.29 is 14.0 Å². The third kappa shape index (κ3) is 2.80. The molecule has 1 N–H and O–H groups in total. The number of anilines is 1. The zero-order chi connectivity index (χ0) is 23.3. The maximum atomic E-state index is 13.6. The summed E-state index contributed by atoms with van der Waals surface area (Å²) in [6.07, 6.45) is 0.843. The Hall–Kier alpha value is -2.23. The summed E-state index contributed by atoms with van der Waals surface area (Å²) in [5.74, 6) is -1.17. The smallest absolute Gasteiger partial charge is 0.305 e. The molecule has 2 bridgehead atoms. The van der Waals surface area contributed by atoms with E-state index in [4.69, 9.17) is 0 Å². The number of aromatic nitrogens is 1. The number of thiazole rings is 1. The van der Waals surface area contributed by atoms with Crippen molar-refractivity contribution in [2.75, 3.05) is 4.90 Å². The highest BCUT2D eigenvalue weighted by Crippen LogP contribution is 2.68. The van der Waals surface area contributed by atoms with Gasteiger partial charge in [-0.25, -0.2) is 4.39 Å². The summed E-state index contributed by atoms with van der Waals surface area (Å²) in [5, 5.41) is 1.05. The van der Waals surface area contributed by atoms with Crippen LogP contribution in [0.4, 0.5) is 10.1 Å². The zero-order valence-electron chi connectivity index (χ0n) is 17.6. The van der Waals surface area contributed by atoms with Gasteiger partial charge in [-0.2, -0.15) is 0 Å². The van der Waals surface area contributed by atoms with Gasteiger partial charge in [0.2, 0.25) is 11.8 Å². The molecule has 6 unspecified atom stereocenters. The first-order chi connectivity index (χ1) is 16.4. The van der Waals surface area contributed by atoms with E-state index in [2.05, 4.69) is 33.0 Å². The highest BCUT2D eigenvalue weighted by molar-refractivity contribution is 9.10. The number of H-pyrrole nitrogens is 1. The van der Waals surface area contributed by atoms with E-state index in [1.54, 1.807) is 11.8 Å². The molecule has 7 atom stereocenters. The van der Waals surface area contributed by atoms with Crippen molar-refractivity contribution in [3.05, 3.63) is 78.9 Å². The Morgan fingerprint density at radius 1 is 1.00 bits per heavy atom. The minimum absolute atomic E-state index is 0.00132. The summed E-state index contributed by atoms with van der Waals surface area (Å²) in [7, 11) is 0. The van der Waals surface area contributed by atoms with Gasteiger partial charge in [-0.05, 0) is 66.1 Å². The van der Waals surface area contributed by atoms with E-state index in [1.165, 1.54) is 40.5 Å². The first-order valence-corrected chi connectivity index (χ1v) is 13.7. The van der Waals surface area contributed by atoms with Crippen LogP contribution in [0.15, 0.2) is 62.8 Å². The van der Waals surface area contributed by atoms with Crippen molar-refractivity contribution in [2.45, 2.75) is 22.6 Å². The molecular weight excluding hydrogens is 539 g/mol. The number of carbonyl (C=O) groups excluding carboxylic acids is 2. The number of amides is 2. The lowest BCUT2D eigenvalue weighted by Crippen LogP contribution is -2.42. The maximum absolute atomic E-state index is 13.6. The summed E-state index contributed by atoms with van der Waals surface area (Å²) in [5.41, 5.74) is 1.56. The van der Waals surface area contributed by atoms with Gasteiger partial charge in [0, 0.05) is 20.5 Å². The van der Waals surface area contributed by atoms with Crippen molar-refractivity contribution >= 4 is 56.5 Å². The number of aromatic amines is 1. The van der Waals surface area contributed by atoms with Crippen LogP contribution in [0.3, 0.4) is 0 Å². The van der Waals surface area contributed by atoms with Crippen LogP contribution in [0.2, 0.25) is 0 Å². The number of halogens is 2. The van der Waals surface area contributed by atoms with E-state index in [0.717, 1.165) is 26.4 Å². The van der Waals surface area contributed by atoms with Gasteiger partial charge in [0.05, 0.1) is 22.5 Å². The highest BCUT2D eigenvalue weighted by atomic mass is 79.9. The zero-order valence-corrected chi connectivity index (χ0v) is 20.8. The number of hydrogen-bond donors (Lipinski definition) is 1. The third-order valence-corrected chi connectivity index (χ3v) is 11.1. The molecular formula is C25H18BrFN2O3S2. The van der Waals surface area contributed by atoms with Crippen LogP contribution in [0.25, 0.3) is 0 Å². The number of hydrogen-bond acceptors (Lipinski definition) is 5. The minimum Gasteiger partial charge on any atom is -0.307 e. The summed E-state index contributed by atoms with van der Waals surface area (Å²) < 4.78 is 14.4. The Morgan fingerprint density at radius 3 is 2.47 bits per heavy atom. The summed E-state index contributed by atoms with van der Waals surface area (Å²) in [6.45, 7) is 0. The molecule has 5 nitrogen and oxygen atoms in total. The van der Waals surface area contributed by atoms with Crippen LogP contribution < -0.4 is 9.77 Å². The molecule has 9 heteroatoms.